The molecular formula is C57H99FN2O9S. The van der Waals surface area contributed by atoms with Crippen LogP contribution in [-0.4, -0.2) is 111 Å². The van der Waals surface area contributed by atoms with E-state index in [1.54, 1.807) is 72.8 Å². The average Bonchev–Trinajstić information content (AvgIpc) is 3.19. The quantitative estimate of drug-likeness (QED) is 0.110. The van der Waals surface area contributed by atoms with Crippen molar-refractivity contribution in [2.75, 3.05) is 53.5 Å². The van der Waals surface area contributed by atoms with Crippen LogP contribution in [0.1, 0.15) is 152 Å². The molecule has 1 saturated heterocycles. The van der Waals surface area contributed by atoms with Gasteiger partial charge in [0.15, 0.2) is 44.6 Å². The summed E-state index contributed by atoms with van der Waals surface area (Å²) in [4.78, 5) is 70.2. The third-order valence-corrected chi connectivity index (χ3v) is 10.8. The van der Waals surface area contributed by atoms with E-state index in [1.807, 2.05) is 135 Å². The summed E-state index contributed by atoms with van der Waals surface area (Å²) in [5, 5.41) is 0.993. The molecule has 13 heteroatoms. The largest absolute Gasteiger partial charge is 0.379 e. The van der Waals surface area contributed by atoms with Crippen LogP contribution in [0.15, 0.2) is 73.5 Å². The Hall–Kier alpha value is -4.22. The van der Waals surface area contributed by atoms with Crippen LogP contribution >= 0.6 is 0 Å². The summed E-state index contributed by atoms with van der Waals surface area (Å²) in [5.41, 5.74) is -1.65. The zero-order valence-corrected chi connectivity index (χ0v) is 49.2. The fourth-order valence-corrected chi connectivity index (χ4v) is 4.08. The summed E-state index contributed by atoms with van der Waals surface area (Å²) >= 11 is 0. The van der Waals surface area contributed by atoms with Gasteiger partial charge >= 0.3 is 0 Å². The van der Waals surface area contributed by atoms with Gasteiger partial charge < -0.3 is 9.64 Å². The van der Waals surface area contributed by atoms with Gasteiger partial charge in [-0.2, -0.15) is 0 Å². The number of allylic oxidation sites excluding steroid dienone is 6. The third-order valence-electron chi connectivity index (χ3n) is 8.70. The number of ketones is 6. The van der Waals surface area contributed by atoms with Crippen molar-refractivity contribution in [3.8, 4) is 11.8 Å². The van der Waals surface area contributed by atoms with Gasteiger partial charge in [-0.05, 0) is 78.9 Å². The smallest absolute Gasteiger partial charge is 0.210 e. The Morgan fingerprint density at radius 3 is 1.30 bits per heavy atom. The first-order valence-corrected chi connectivity index (χ1v) is 25.1. The molecule has 0 atom stereocenters. The second-order valence-electron chi connectivity index (χ2n) is 22.8. The number of likely N-dealkylation sites (N-methyl/N-ethyl adjacent to an activating group) is 1. The molecule has 0 N–H and O–H groups in total. The molecule has 0 unspecified atom stereocenters. The molecule has 0 aromatic carbocycles. The SMILES string of the molecule is C/C=C/C(=O)C(C)(C)C.C=C(F)C(=O)C(C)(C)C.C=CC(=O)C(C)(C)C.C=CS(=O)(=O)C(C)(C)C.CC#CC(=O)C(C)(C)C.CC(C)C(=O)/C=C/CN1CCOCC1.CN(C)C/C=C/C(=O)C(C)(C)C. The van der Waals surface area contributed by atoms with E-state index in [0.717, 1.165) is 44.8 Å². The minimum absolute atomic E-state index is 0.00463. The minimum atomic E-state index is -3.07. The minimum Gasteiger partial charge on any atom is -0.379 e. The maximum atomic E-state index is 12.0. The normalized spacial score (nSPS) is 13.3. The highest BCUT2D eigenvalue weighted by Gasteiger charge is 2.25. The molecule has 1 heterocycles. The molecule has 0 spiro atoms. The first kappa shape index (κ1) is 77.2. The third kappa shape index (κ3) is 46.2. The van der Waals surface area contributed by atoms with E-state index in [0.29, 0.717) is 0 Å². The number of sulfone groups is 1. The zero-order chi connectivity index (χ0) is 57.3. The average molecular weight is 1010 g/mol. The first-order valence-electron chi connectivity index (χ1n) is 23.6. The highest BCUT2D eigenvalue weighted by atomic mass is 32.2. The van der Waals surface area contributed by atoms with E-state index < -0.39 is 31.6 Å². The fourth-order valence-electron chi connectivity index (χ4n) is 3.58. The van der Waals surface area contributed by atoms with Crippen molar-refractivity contribution in [1.82, 2.24) is 9.80 Å². The van der Waals surface area contributed by atoms with E-state index in [-0.39, 0.29) is 56.5 Å². The Morgan fingerprint density at radius 1 is 0.686 bits per heavy atom. The number of morpholine rings is 1. The van der Waals surface area contributed by atoms with Crippen molar-refractivity contribution in [1.29, 1.82) is 0 Å². The van der Waals surface area contributed by atoms with E-state index in [4.69, 9.17) is 4.74 Å². The second-order valence-corrected chi connectivity index (χ2v) is 25.5. The molecule has 1 fully saturated rings. The lowest BCUT2D eigenvalue weighted by atomic mass is 9.90. The summed E-state index contributed by atoms with van der Waals surface area (Å²) in [6, 6.07) is 0. The van der Waals surface area contributed by atoms with Crippen molar-refractivity contribution < 1.29 is 46.3 Å². The molecule has 404 valence electrons. The molecule has 0 bridgehead atoms. The molecule has 0 radical (unpaired) electrons. The Balaban J connectivity index is -0.000000172. The number of nitrogens with zero attached hydrogens (tertiary/aromatic N) is 2. The fraction of sp³-hybridized carbons (Fsp3) is 0.649. The van der Waals surface area contributed by atoms with Crippen LogP contribution in [0, 0.1) is 44.8 Å². The molecule has 70 heavy (non-hydrogen) atoms. The van der Waals surface area contributed by atoms with Crippen molar-refractivity contribution in [2.24, 2.45) is 33.0 Å². The number of rotatable bonds is 11. The van der Waals surface area contributed by atoms with Crippen LogP contribution in [0.25, 0.3) is 0 Å². The van der Waals surface area contributed by atoms with E-state index in [1.165, 1.54) is 6.08 Å². The maximum absolute atomic E-state index is 12.0. The van der Waals surface area contributed by atoms with Gasteiger partial charge in [-0.3, -0.25) is 33.7 Å². The molecular weight excluding hydrogens is 908 g/mol. The Morgan fingerprint density at radius 2 is 1.10 bits per heavy atom. The number of hydrogen-bond acceptors (Lipinski definition) is 11. The van der Waals surface area contributed by atoms with Crippen molar-refractivity contribution in [3.05, 3.63) is 73.5 Å². The summed E-state index contributed by atoms with van der Waals surface area (Å²) < 4.78 is 38.4. The summed E-state index contributed by atoms with van der Waals surface area (Å²) in [5.74, 6) is 4.47. The van der Waals surface area contributed by atoms with Crippen LogP contribution in [0.4, 0.5) is 4.39 Å². The molecule has 0 amide bonds. The monoisotopic (exact) mass is 1010 g/mol. The van der Waals surface area contributed by atoms with Crippen LogP contribution < -0.4 is 0 Å². The molecule has 1 aliphatic heterocycles. The number of carbonyl (C=O) groups is 6. The number of hydrogen-bond donors (Lipinski definition) is 0. The number of Topliss-reactive ketones (excluding diaryl/α,β-unsaturated/α-hetero) is 2. The molecule has 0 aromatic heterocycles. The number of carbonyl (C=O) groups excluding carboxylic acids is 6. The molecule has 1 aliphatic rings. The Labute approximate surface area is 427 Å². The van der Waals surface area contributed by atoms with Gasteiger partial charge in [0.05, 0.1) is 18.0 Å². The zero-order valence-electron chi connectivity index (χ0n) is 48.4. The molecule has 1 rings (SSSR count). The van der Waals surface area contributed by atoms with Gasteiger partial charge in [0.25, 0.3) is 0 Å². The summed E-state index contributed by atoms with van der Waals surface area (Å²) in [7, 11) is 0.884. The standard InChI is InChI=1S/C11H19NO2.C10H19NO.C8H14O.C8H12O.C7H11FO.C7H12O.C6H12O2S/c1-10(2)11(13)4-3-5-12-6-8-14-9-7-12;1-10(2,3)9(12)7-6-8-11(4)5;2*1-5-6-7(9)8(2,3)4;1-5(8)6(9)7(2,3)4;1-5-6(8)7(2,3)4;1-5-9(7,8)6(2,3)4/h3-4,10H,5-9H2,1-2H3;6-7H,8H2,1-5H3;5-6H,1-4H3;1-4H3;1H2,2-4H3;5H,1H2,2-4H3;5H,1H2,2-4H3/b4-3+;7-6+;6-5+;;;;. The molecule has 11 nitrogen and oxygen atoms in total. The van der Waals surface area contributed by atoms with Crippen LogP contribution in [0.2, 0.25) is 0 Å². The predicted octanol–water partition coefficient (Wildman–Crippen LogP) is 11.8. The van der Waals surface area contributed by atoms with Crippen molar-refractivity contribution in [2.45, 2.75) is 157 Å². The highest BCUT2D eigenvalue weighted by molar-refractivity contribution is 7.95. The van der Waals surface area contributed by atoms with Crippen LogP contribution in [0.3, 0.4) is 0 Å². The topological polar surface area (TPSA) is 152 Å². The highest BCUT2D eigenvalue weighted by Crippen LogP contribution is 2.20. The maximum Gasteiger partial charge on any atom is 0.210 e. The van der Waals surface area contributed by atoms with Gasteiger partial charge in [-0.15, -0.1) is 0 Å². The van der Waals surface area contributed by atoms with E-state index >= 15 is 0 Å². The lowest BCUT2D eigenvalue weighted by molar-refractivity contribution is -0.124. The lowest BCUT2D eigenvalue weighted by Crippen LogP contribution is -2.36. The number of ether oxygens (including phenoxy) is 1. The molecule has 0 saturated carbocycles. The van der Waals surface area contributed by atoms with Gasteiger partial charge in [0.1, 0.15) is 0 Å². The van der Waals surface area contributed by atoms with E-state index in [2.05, 4.69) is 36.5 Å². The van der Waals surface area contributed by atoms with Crippen LogP contribution in [0.5, 0.6) is 0 Å². The predicted molar refractivity (Wildman–Crippen MR) is 294 cm³/mol. The van der Waals surface area contributed by atoms with E-state index in [9.17, 15) is 41.6 Å². The van der Waals surface area contributed by atoms with Gasteiger partial charge in [0.2, 0.25) is 5.78 Å². The van der Waals surface area contributed by atoms with Crippen LogP contribution in [-0.2, 0) is 43.3 Å². The Bertz CT molecular complexity index is 1890. The molecule has 0 aliphatic carbocycles. The van der Waals surface area contributed by atoms with Crippen molar-refractivity contribution in [3.63, 3.8) is 0 Å². The molecule has 0 aromatic rings. The van der Waals surface area contributed by atoms with Crippen molar-refractivity contribution >= 4 is 44.5 Å². The second kappa shape index (κ2) is 36.7. The van der Waals surface area contributed by atoms with Gasteiger partial charge in [0, 0.05) is 64.6 Å². The van der Waals surface area contributed by atoms with Gasteiger partial charge in [-0.25, -0.2) is 12.8 Å². The lowest BCUT2D eigenvalue weighted by Gasteiger charge is -2.25. The first-order chi connectivity index (χ1) is 31.1. The van der Waals surface area contributed by atoms with Gasteiger partial charge in [-0.1, -0.05) is 162 Å². The Kier molecular flexibility index (Phi) is 40.5. The number of halogens is 1. The summed E-state index contributed by atoms with van der Waals surface area (Å²) in [6.45, 7) is 54.7. The summed E-state index contributed by atoms with van der Waals surface area (Å²) in [6.07, 6.45) is 12.0.